The standard InChI is InChI=1S/C5H12N2OS/c1-6-7-5(8)3-2-4-9/h6,9H,2-4H2,1H3,(H,7,8). The molecule has 0 aromatic rings. The molecule has 0 rings (SSSR count). The van der Waals surface area contributed by atoms with E-state index in [2.05, 4.69) is 23.5 Å². The molecule has 4 heteroatoms. The van der Waals surface area contributed by atoms with Crippen LogP contribution in [0.5, 0.6) is 0 Å². The lowest BCUT2D eigenvalue weighted by Crippen LogP contribution is -2.33. The van der Waals surface area contributed by atoms with Crippen LogP contribution in [0, 0.1) is 0 Å². The maximum absolute atomic E-state index is 10.6. The molecular weight excluding hydrogens is 136 g/mol. The maximum Gasteiger partial charge on any atom is 0.234 e. The molecule has 0 unspecified atom stereocenters. The molecule has 0 spiro atoms. The summed E-state index contributed by atoms with van der Waals surface area (Å²) in [5.74, 6) is 0.781. The molecule has 1 amide bonds. The average Bonchev–Trinajstić information content (AvgIpc) is 1.85. The van der Waals surface area contributed by atoms with Gasteiger partial charge in [-0.05, 0) is 12.2 Å². The van der Waals surface area contributed by atoms with Crippen LogP contribution in [-0.4, -0.2) is 18.7 Å². The van der Waals surface area contributed by atoms with Crippen LogP contribution in [0.2, 0.25) is 0 Å². The first-order chi connectivity index (χ1) is 4.31. The minimum absolute atomic E-state index is 0.0200. The van der Waals surface area contributed by atoms with E-state index in [4.69, 9.17) is 0 Å². The van der Waals surface area contributed by atoms with Crippen molar-refractivity contribution < 1.29 is 4.79 Å². The van der Waals surface area contributed by atoms with Crippen LogP contribution >= 0.6 is 12.6 Å². The van der Waals surface area contributed by atoms with E-state index in [0.717, 1.165) is 12.2 Å². The lowest BCUT2D eigenvalue weighted by molar-refractivity contribution is -0.121. The largest absolute Gasteiger partial charge is 0.292 e. The van der Waals surface area contributed by atoms with E-state index in [1.807, 2.05) is 0 Å². The summed E-state index contributed by atoms with van der Waals surface area (Å²) in [6.45, 7) is 0. The number of hydrogen-bond acceptors (Lipinski definition) is 3. The highest BCUT2D eigenvalue weighted by atomic mass is 32.1. The van der Waals surface area contributed by atoms with Crippen molar-refractivity contribution in [1.82, 2.24) is 10.9 Å². The number of nitrogens with one attached hydrogen (secondary N) is 2. The van der Waals surface area contributed by atoms with Gasteiger partial charge < -0.3 is 0 Å². The van der Waals surface area contributed by atoms with E-state index in [1.54, 1.807) is 7.05 Å². The van der Waals surface area contributed by atoms with Gasteiger partial charge in [-0.15, -0.1) is 0 Å². The Bertz CT molecular complexity index is 87.0. The number of thiol groups is 1. The Morgan fingerprint density at radius 1 is 1.67 bits per heavy atom. The van der Waals surface area contributed by atoms with Crippen LogP contribution in [0.25, 0.3) is 0 Å². The van der Waals surface area contributed by atoms with Gasteiger partial charge in [-0.3, -0.25) is 10.2 Å². The van der Waals surface area contributed by atoms with Gasteiger partial charge in [0.15, 0.2) is 0 Å². The van der Waals surface area contributed by atoms with E-state index in [1.165, 1.54) is 0 Å². The van der Waals surface area contributed by atoms with E-state index >= 15 is 0 Å². The zero-order valence-electron chi connectivity index (χ0n) is 5.48. The summed E-state index contributed by atoms with van der Waals surface area (Å²) in [5.41, 5.74) is 5.01. The van der Waals surface area contributed by atoms with Gasteiger partial charge in [-0.2, -0.15) is 12.6 Å². The zero-order chi connectivity index (χ0) is 7.11. The lowest BCUT2D eigenvalue weighted by atomic mass is 10.3. The third kappa shape index (κ3) is 5.65. The fourth-order valence-electron chi connectivity index (χ4n) is 0.442. The summed E-state index contributed by atoms with van der Waals surface area (Å²) in [6, 6.07) is 0. The van der Waals surface area contributed by atoms with Gasteiger partial charge >= 0.3 is 0 Å². The normalized spacial score (nSPS) is 9.11. The van der Waals surface area contributed by atoms with Crippen LogP contribution < -0.4 is 10.9 Å². The maximum atomic E-state index is 10.6. The Labute approximate surface area is 60.6 Å². The van der Waals surface area contributed by atoms with Crippen molar-refractivity contribution in [2.24, 2.45) is 0 Å². The van der Waals surface area contributed by atoms with Crippen LogP contribution in [0.1, 0.15) is 12.8 Å². The predicted octanol–water partition coefficient (Wildman–Crippen LogP) is -0.0530. The molecule has 0 fully saturated rings. The molecule has 0 saturated heterocycles. The second-order valence-electron chi connectivity index (χ2n) is 1.63. The highest BCUT2D eigenvalue weighted by Gasteiger charge is 1.95. The summed E-state index contributed by atoms with van der Waals surface area (Å²) in [5, 5.41) is 0. The Balaban J connectivity index is 3.06. The third-order valence-corrected chi connectivity index (χ3v) is 1.14. The molecule has 0 saturated carbocycles. The molecular formula is C5H12N2OS. The molecule has 0 radical (unpaired) electrons. The first kappa shape index (κ1) is 8.78. The number of hydrogen-bond donors (Lipinski definition) is 3. The van der Waals surface area contributed by atoms with Gasteiger partial charge in [-0.1, -0.05) is 0 Å². The fraction of sp³-hybridized carbons (Fsp3) is 0.800. The van der Waals surface area contributed by atoms with Crippen molar-refractivity contribution in [3.05, 3.63) is 0 Å². The number of rotatable bonds is 4. The van der Waals surface area contributed by atoms with Crippen molar-refractivity contribution >= 4 is 18.5 Å². The molecule has 0 aliphatic rings. The van der Waals surface area contributed by atoms with Crippen molar-refractivity contribution in [2.75, 3.05) is 12.8 Å². The molecule has 2 N–H and O–H groups in total. The van der Waals surface area contributed by atoms with E-state index in [0.29, 0.717) is 6.42 Å². The molecule has 0 heterocycles. The monoisotopic (exact) mass is 148 g/mol. The van der Waals surface area contributed by atoms with Gasteiger partial charge in [0.1, 0.15) is 0 Å². The summed E-state index contributed by atoms with van der Waals surface area (Å²) in [7, 11) is 1.67. The molecule has 0 atom stereocenters. The van der Waals surface area contributed by atoms with Crippen LogP contribution in [-0.2, 0) is 4.79 Å². The van der Waals surface area contributed by atoms with Gasteiger partial charge in [0.25, 0.3) is 0 Å². The second-order valence-corrected chi connectivity index (χ2v) is 2.07. The summed E-state index contributed by atoms with van der Waals surface area (Å²) in [4.78, 5) is 10.6. The second kappa shape index (κ2) is 5.91. The molecule has 0 aromatic heterocycles. The first-order valence-corrected chi connectivity index (χ1v) is 3.51. The van der Waals surface area contributed by atoms with E-state index in [-0.39, 0.29) is 5.91 Å². The minimum Gasteiger partial charge on any atom is -0.292 e. The average molecular weight is 148 g/mol. The lowest BCUT2D eigenvalue weighted by Gasteiger charge is -1.99. The quantitative estimate of drug-likeness (QED) is 0.386. The van der Waals surface area contributed by atoms with Crippen LogP contribution in [0.3, 0.4) is 0 Å². The minimum atomic E-state index is 0.0200. The fourth-order valence-corrected chi connectivity index (χ4v) is 0.600. The van der Waals surface area contributed by atoms with Gasteiger partial charge in [-0.25, -0.2) is 5.43 Å². The Hall–Kier alpha value is -0.220. The Kier molecular flexibility index (Phi) is 5.76. The first-order valence-electron chi connectivity index (χ1n) is 2.87. The van der Waals surface area contributed by atoms with Crippen LogP contribution in [0.4, 0.5) is 0 Å². The van der Waals surface area contributed by atoms with Gasteiger partial charge in [0.05, 0.1) is 0 Å². The number of hydrazine groups is 1. The van der Waals surface area contributed by atoms with Crippen molar-refractivity contribution in [1.29, 1.82) is 0 Å². The van der Waals surface area contributed by atoms with E-state index in [9.17, 15) is 4.79 Å². The van der Waals surface area contributed by atoms with Crippen molar-refractivity contribution in [2.45, 2.75) is 12.8 Å². The number of amides is 1. The summed E-state index contributed by atoms with van der Waals surface area (Å²) < 4.78 is 0. The van der Waals surface area contributed by atoms with Crippen LogP contribution in [0.15, 0.2) is 0 Å². The molecule has 9 heavy (non-hydrogen) atoms. The van der Waals surface area contributed by atoms with Gasteiger partial charge in [0, 0.05) is 13.5 Å². The molecule has 0 aliphatic carbocycles. The van der Waals surface area contributed by atoms with Crippen molar-refractivity contribution in [3.63, 3.8) is 0 Å². The highest BCUT2D eigenvalue weighted by molar-refractivity contribution is 7.80. The topological polar surface area (TPSA) is 41.1 Å². The number of carbonyl (C=O) groups excluding carboxylic acids is 1. The third-order valence-electron chi connectivity index (χ3n) is 0.826. The van der Waals surface area contributed by atoms with E-state index < -0.39 is 0 Å². The molecule has 3 nitrogen and oxygen atoms in total. The summed E-state index contributed by atoms with van der Waals surface area (Å²) >= 11 is 3.96. The zero-order valence-corrected chi connectivity index (χ0v) is 6.37. The number of carbonyl (C=O) groups is 1. The molecule has 0 bridgehead atoms. The molecule has 0 aromatic carbocycles. The molecule has 54 valence electrons. The summed E-state index contributed by atoms with van der Waals surface area (Å²) in [6.07, 6.45) is 1.38. The Morgan fingerprint density at radius 3 is 2.78 bits per heavy atom. The van der Waals surface area contributed by atoms with Gasteiger partial charge in [0.2, 0.25) is 5.91 Å². The Morgan fingerprint density at radius 2 is 2.33 bits per heavy atom. The smallest absolute Gasteiger partial charge is 0.234 e. The van der Waals surface area contributed by atoms with Crippen molar-refractivity contribution in [3.8, 4) is 0 Å². The highest BCUT2D eigenvalue weighted by Crippen LogP contribution is 1.89. The predicted molar refractivity (Wildman–Crippen MR) is 40.3 cm³/mol. The molecule has 0 aliphatic heterocycles. The SMILES string of the molecule is CNNC(=O)CCCS.